The van der Waals surface area contributed by atoms with Gasteiger partial charge in [0.15, 0.2) is 11.6 Å². The fourth-order valence-electron chi connectivity index (χ4n) is 5.72. The summed E-state index contributed by atoms with van der Waals surface area (Å²) in [5.74, 6) is 2.28. The van der Waals surface area contributed by atoms with E-state index < -0.39 is 11.4 Å². The molecule has 4 heterocycles. The van der Waals surface area contributed by atoms with Crippen molar-refractivity contribution in [2.75, 3.05) is 32.1 Å². The summed E-state index contributed by atoms with van der Waals surface area (Å²) in [4.78, 5) is 27.7. The zero-order valence-electron chi connectivity index (χ0n) is 21.3. The molecule has 0 radical (unpaired) electrons. The Morgan fingerprint density at radius 2 is 1.92 bits per heavy atom. The van der Waals surface area contributed by atoms with Gasteiger partial charge in [0, 0.05) is 44.7 Å². The molecule has 1 aromatic carbocycles. The van der Waals surface area contributed by atoms with Gasteiger partial charge in [0.25, 0.3) is 0 Å². The van der Waals surface area contributed by atoms with E-state index in [0.717, 1.165) is 61.7 Å². The summed E-state index contributed by atoms with van der Waals surface area (Å²) in [6.07, 6.45) is 4.62. The molecule has 2 aromatic heterocycles. The van der Waals surface area contributed by atoms with Gasteiger partial charge in [0.2, 0.25) is 11.9 Å². The van der Waals surface area contributed by atoms with Crippen molar-refractivity contribution in [3.05, 3.63) is 58.1 Å². The lowest BCUT2D eigenvalue weighted by Gasteiger charge is -2.31. The van der Waals surface area contributed by atoms with Crippen LogP contribution < -0.4 is 4.90 Å². The number of piperidine rings is 1. The Balaban J connectivity index is 1.31. The van der Waals surface area contributed by atoms with Crippen LogP contribution in [0.2, 0.25) is 5.02 Å². The first kappa shape index (κ1) is 24.2. The summed E-state index contributed by atoms with van der Waals surface area (Å²) in [5.41, 5.74) is 1.95. The zero-order valence-corrected chi connectivity index (χ0v) is 22.0. The van der Waals surface area contributed by atoms with Crippen LogP contribution in [0, 0.1) is 12.7 Å². The second-order valence-electron chi connectivity index (χ2n) is 10.5. The summed E-state index contributed by atoms with van der Waals surface area (Å²) in [7, 11) is 3.63. The number of carbonyl (C=O) groups excluding carboxylic acids is 1. The van der Waals surface area contributed by atoms with Crippen LogP contribution in [0.15, 0.2) is 24.4 Å². The van der Waals surface area contributed by atoms with Crippen molar-refractivity contribution in [3.63, 3.8) is 0 Å². The fourth-order valence-corrected chi connectivity index (χ4v) is 5.92. The number of likely N-dealkylation sites (N-methyl/N-ethyl adjacent to an activating group) is 1. The highest BCUT2D eigenvalue weighted by Crippen LogP contribution is 2.46. The lowest BCUT2D eigenvalue weighted by Crippen LogP contribution is -2.48. The maximum atomic E-state index is 13.6. The molecule has 2 aliphatic heterocycles. The van der Waals surface area contributed by atoms with Gasteiger partial charge in [-0.25, -0.2) is 14.4 Å². The molecule has 1 saturated carbocycles. The number of carbonyl (C=O) groups is 1. The molecule has 194 valence electrons. The van der Waals surface area contributed by atoms with Crippen LogP contribution in [0.25, 0.3) is 5.69 Å². The number of aryl methyl sites for hydroxylation is 1. The third kappa shape index (κ3) is 4.16. The van der Waals surface area contributed by atoms with E-state index in [0.29, 0.717) is 29.8 Å². The Hall–Kier alpha value is -3.11. The number of nitrogens with zero attached hydrogens (tertiary/aromatic N) is 8. The van der Waals surface area contributed by atoms with Crippen molar-refractivity contribution < 1.29 is 9.18 Å². The molecule has 1 amide bonds. The van der Waals surface area contributed by atoms with Gasteiger partial charge in [-0.3, -0.25) is 14.3 Å². The van der Waals surface area contributed by atoms with Gasteiger partial charge in [-0.15, -0.1) is 10.2 Å². The first-order chi connectivity index (χ1) is 17.8. The smallest absolute Gasteiger partial charge is 0.242 e. The normalized spacial score (nSPS) is 19.2. The molecule has 6 rings (SSSR count). The summed E-state index contributed by atoms with van der Waals surface area (Å²) in [6, 6.07) is 5.93. The van der Waals surface area contributed by atoms with Crippen LogP contribution in [0.5, 0.6) is 0 Å². The topological polar surface area (TPSA) is 83.3 Å². The Morgan fingerprint density at radius 1 is 1.16 bits per heavy atom. The number of aromatic nitrogens is 5. The molecular formula is C26H30ClFN8O. The lowest BCUT2D eigenvalue weighted by molar-refractivity contribution is -0.136. The fraction of sp³-hybridized carbons (Fsp3) is 0.500. The van der Waals surface area contributed by atoms with Crippen molar-refractivity contribution in [2.45, 2.75) is 57.2 Å². The summed E-state index contributed by atoms with van der Waals surface area (Å²) >= 11 is 6.43. The van der Waals surface area contributed by atoms with Crippen molar-refractivity contribution in [2.24, 2.45) is 0 Å². The first-order valence-electron chi connectivity index (χ1n) is 12.7. The van der Waals surface area contributed by atoms with Crippen LogP contribution in [0.4, 0.5) is 10.3 Å². The second-order valence-corrected chi connectivity index (χ2v) is 11.0. The van der Waals surface area contributed by atoms with Crippen LogP contribution in [-0.2, 0) is 17.9 Å². The number of anilines is 1. The van der Waals surface area contributed by atoms with Gasteiger partial charge in [0.1, 0.15) is 11.4 Å². The van der Waals surface area contributed by atoms with Crippen molar-refractivity contribution in [3.8, 4) is 5.69 Å². The molecule has 0 atom stereocenters. The molecule has 1 saturated heterocycles. The Labute approximate surface area is 220 Å². The molecule has 37 heavy (non-hydrogen) atoms. The quantitative estimate of drug-likeness (QED) is 0.516. The van der Waals surface area contributed by atoms with E-state index in [-0.39, 0.29) is 11.8 Å². The first-order valence-corrected chi connectivity index (χ1v) is 13.1. The summed E-state index contributed by atoms with van der Waals surface area (Å²) in [6.45, 7) is 4.32. The van der Waals surface area contributed by atoms with Crippen LogP contribution in [0.1, 0.15) is 54.5 Å². The van der Waals surface area contributed by atoms with Crippen molar-refractivity contribution >= 4 is 23.5 Å². The van der Waals surface area contributed by atoms with Gasteiger partial charge < -0.3 is 9.80 Å². The molecule has 3 aliphatic rings. The van der Waals surface area contributed by atoms with E-state index in [2.05, 4.69) is 34.5 Å². The van der Waals surface area contributed by atoms with Gasteiger partial charge in [-0.1, -0.05) is 11.6 Å². The van der Waals surface area contributed by atoms with E-state index in [1.165, 1.54) is 6.20 Å². The zero-order chi connectivity index (χ0) is 25.9. The minimum absolute atomic E-state index is 0.134. The molecule has 0 unspecified atom stereocenters. The molecule has 2 fully saturated rings. The van der Waals surface area contributed by atoms with E-state index in [1.807, 2.05) is 32.3 Å². The number of fused-ring (bicyclic) bond motifs is 3. The summed E-state index contributed by atoms with van der Waals surface area (Å²) in [5, 5.41) is 9.99. The van der Waals surface area contributed by atoms with Gasteiger partial charge in [-0.2, -0.15) is 0 Å². The monoisotopic (exact) mass is 524 g/mol. The average Bonchev–Trinajstić information content (AvgIpc) is 3.62. The van der Waals surface area contributed by atoms with Crippen molar-refractivity contribution in [1.29, 1.82) is 0 Å². The number of hydrogen-bond acceptors (Lipinski definition) is 7. The Kier molecular flexibility index (Phi) is 5.91. The highest BCUT2D eigenvalue weighted by Gasteiger charge is 2.56. The molecule has 0 N–H and O–H groups in total. The maximum absolute atomic E-state index is 13.6. The molecular weight excluding hydrogens is 495 g/mol. The third-order valence-corrected chi connectivity index (χ3v) is 8.15. The Bertz CT molecular complexity index is 1360. The predicted molar refractivity (Wildman–Crippen MR) is 137 cm³/mol. The maximum Gasteiger partial charge on any atom is 0.242 e. The Morgan fingerprint density at radius 3 is 2.59 bits per heavy atom. The SMILES string of the molecule is Cc1nc(N2CCC(c3nnc4n3-c3ccc(Cl)cc3CN(C3(C(=O)N(C)C)CC3)C4)CC2)ncc1F. The minimum Gasteiger partial charge on any atom is -0.347 e. The molecule has 11 heteroatoms. The summed E-state index contributed by atoms with van der Waals surface area (Å²) < 4.78 is 15.8. The van der Waals surface area contributed by atoms with Crippen LogP contribution in [-0.4, -0.2) is 73.2 Å². The van der Waals surface area contributed by atoms with E-state index in [4.69, 9.17) is 11.6 Å². The van der Waals surface area contributed by atoms with Gasteiger partial charge in [-0.05, 0) is 56.4 Å². The highest BCUT2D eigenvalue weighted by atomic mass is 35.5. The van der Waals surface area contributed by atoms with E-state index in [1.54, 1.807) is 11.8 Å². The highest BCUT2D eigenvalue weighted by molar-refractivity contribution is 6.30. The van der Waals surface area contributed by atoms with Crippen molar-refractivity contribution in [1.82, 2.24) is 34.5 Å². The number of amides is 1. The molecule has 0 bridgehead atoms. The molecule has 1 aliphatic carbocycles. The van der Waals surface area contributed by atoms with Crippen LogP contribution in [0.3, 0.4) is 0 Å². The molecule has 0 spiro atoms. The third-order valence-electron chi connectivity index (χ3n) is 7.91. The average molecular weight is 525 g/mol. The number of halogens is 2. The molecule has 9 nitrogen and oxygen atoms in total. The minimum atomic E-state index is -0.497. The standard InChI is InChI=1S/C26H30ClFN8O/c1-16-20(28)13-29-25(30-16)34-10-6-17(7-11-34)23-32-31-22-15-35(26(8-9-26)24(37)33(2)3)14-18-12-19(27)4-5-21(18)36(22)23/h4-5,12-13,17H,6-11,14-15H2,1-3H3. The van der Waals surface area contributed by atoms with E-state index >= 15 is 0 Å². The van der Waals surface area contributed by atoms with E-state index in [9.17, 15) is 9.18 Å². The number of hydrogen-bond donors (Lipinski definition) is 0. The predicted octanol–water partition coefficient (Wildman–Crippen LogP) is 3.48. The largest absolute Gasteiger partial charge is 0.347 e. The number of rotatable bonds is 4. The second kappa shape index (κ2) is 9.02. The van der Waals surface area contributed by atoms with Gasteiger partial charge in [0.05, 0.1) is 24.1 Å². The van der Waals surface area contributed by atoms with Gasteiger partial charge >= 0.3 is 0 Å². The number of benzene rings is 1. The lowest BCUT2D eigenvalue weighted by atomic mass is 9.95. The van der Waals surface area contributed by atoms with Crippen LogP contribution >= 0.6 is 11.6 Å². The molecule has 3 aromatic rings.